The van der Waals surface area contributed by atoms with Crippen molar-refractivity contribution in [2.45, 2.75) is 6.92 Å². The Labute approximate surface area is 107 Å². The fraction of sp³-hybridized carbons (Fsp3) is 0.0714. The first-order valence-corrected chi connectivity index (χ1v) is 6.16. The summed E-state index contributed by atoms with van der Waals surface area (Å²) in [7, 11) is 0. The molecule has 0 aliphatic rings. The van der Waals surface area contributed by atoms with Crippen molar-refractivity contribution in [3.05, 3.63) is 52.5 Å². The lowest BCUT2D eigenvalue weighted by atomic mass is 10.1. The van der Waals surface area contributed by atoms with Crippen LogP contribution in [0, 0.1) is 6.92 Å². The highest BCUT2D eigenvalue weighted by atomic mass is 79.9. The molecule has 2 aromatic carbocycles. The van der Waals surface area contributed by atoms with Crippen LogP contribution in [-0.4, -0.2) is 5.16 Å². The fourth-order valence-corrected chi connectivity index (χ4v) is 2.23. The minimum absolute atomic E-state index is 0.846. The first kappa shape index (κ1) is 10.5. The lowest BCUT2D eigenvalue weighted by molar-refractivity contribution is 0.458. The molecular weight excluding hydrogens is 278 g/mol. The molecule has 0 spiro atoms. The molecular formula is C14H10BrNO. The number of aryl methyl sites for hydroxylation is 1. The van der Waals surface area contributed by atoms with Crippen molar-refractivity contribution < 1.29 is 4.52 Å². The van der Waals surface area contributed by atoms with Gasteiger partial charge in [0.2, 0.25) is 0 Å². The van der Waals surface area contributed by atoms with Gasteiger partial charge in [0.15, 0.2) is 5.58 Å². The van der Waals surface area contributed by atoms with Gasteiger partial charge in [0.1, 0.15) is 5.69 Å². The smallest absolute Gasteiger partial charge is 0.171 e. The van der Waals surface area contributed by atoms with Crippen LogP contribution in [0.3, 0.4) is 0 Å². The summed E-state index contributed by atoms with van der Waals surface area (Å²) in [6, 6.07) is 14.1. The Kier molecular flexibility index (Phi) is 2.48. The maximum atomic E-state index is 5.44. The van der Waals surface area contributed by atoms with Gasteiger partial charge >= 0.3 is 0 Å². The molecule has 17 heavy (non-hydrogen) atoms. The highest BCUT2D eigenvalue weighted by molar-refractivity contribution is 9.10. The molecule has 0 saturated carbocycles. The summed E-state index contributed by atoms with van der Waals surface area (Å²) in [6.07, 6.45) is 0. The molecule has 0 radical (unpaired) electrons. The molecule has 1 aromatic heterocycles. The van der Waals surface area contributed by atoms with Crippen LogP contribution in [0.15, 0.2) is 51.5 Å². The summed E-state index contributed by atoms with van der Waals surface area (Å²) in [5.74, 6) is 0. The first-order chi connectivity index (χ1) is 8.27. The highest BCUT2D eigenvalue weighted by Crippen LogP contribution is 2.32. The molecule has 0 fully saturated rings. The maximum Gasteiger partial charge on any atom is 0.171 e. The van der Waals surface area contributed by atoms with Gasteiger partial charge in [-0.25, -0.2) is 0 Å². The van der Waals surface area contributed by atoms with E-state index in [1.54, 1.807) is 0 Å². The van der Waals surface area contributed by atoms with Crippen LogP contribution in [0.1, 0.15) is 5.56 Å². The highest BCUT2D eigenvalue weighted by Gasteiger charge is 2.12. The Morgan fingerprint density at radius 2 is 1.82 bits per heavy atom. The van der Waals surface area contributed by atoms with E-state index in [0.717, 1.165) is 32.3 Å². The van der Waals surface area contributed by atoms with Crippen molar-refractivity contribution in [3.63, 3.8) is 0 Å². The molecule has 0 bridgehead atoms. The number of rotatable bonds is 1. The van der Waals surface area contributed by atoms with Crippen LogP contribution in [0.4, 0.5) is 0 Å². The first-order valence-electron chi connectivity index (χ1n) is 5.37. The zero-order chi connectivity index (χ0) is 11.8. The van der Waals surface area contributed by atoms with Gasteiger partial charge in [-0.2, -0.15) is 0 Å². The summed E-state index contributed by atoms with van der Waals surface area (Å²) in [6.45, 7) is 2.02. The van der Waals surface area contributed by atoms with Gasteiger partial charge in [0.25, 0.3) is 0 Å². The van der Waals surface area contributed by atoms with Gasteiger partial charge in [0, 0.05) is 15.6 Å². The van der Waals surface area contributed by atoms with Crippen molar-refractivity contribution in [1.82, 2.24) is 5.16 Å². The zero-order valence-corrected chi connectivity index (χ0v) is 10.9. The van der Waals surface area contributed by atoms with E-state index in [-0.39, 0.29) is 0 Å². The fourth-order valence-electron chi connectivity index (χ4n) is 1.92. The Hall–Kier alpha value is -1.61. The molecule has 2 nitrogen and oxygen atoms in total. The van der Waals surface area contributed by atoms with Crippen LogP contribution in [0.5, 0.6) is 0 Å². The predicted octanol–water partition coefficient (Wildman–Crippen LogP) is 4.57. The van der Waals surface area contributed by atoms with Crippen molar-refractivity contribution >= 4 is 26.9 Å². The van der Waals surface area contributed by atoms with Crippen molar-refractivity contribution in [2.75, 3.05) is 0 Å². The third kappa shape index (κ3) is 1.67. The number of aromatic nitrogens is 1. The summed E-state index contributed by atoms with van der Waals surface area (Å²) in [5.41, 5.74) is 3.90. The normalized spacial score (nSPS) is 10.9. The Bertz CT molecular complexity index is 673. The Balaban J connectivity index is 2.30. The molecule has 0 atom stereocenters. The quantitative estimate of drug-likeness (QED) is 0.655. The topological polar surface area (TPSA) is 26.0 Å². The minimum Gasteiger partial charge on any atom is -0.355 e. The zero-order valence-electron chi connectivity index (χ0n) is 9.27. The number of hydrogen-bond donors (Lipinski definition) is 0. The van der Waals surface area contributed by atoms with E-state index in [1.807, 2.05) is 49.4 Å². The van der Waals surface area contributed by atoms with Crippen molar-refractivity contribution in [1.29, 1.82) is 0 Å². The van der Waals surface area contributed by atoms with E-state index >= 15 is 0 Å². The van der Waals surface area contributed by atoms with E-state index in [2.05, 4.69) is 21.1 Å². The molecule has 1 heterocycles. The molecule has 0 aliphatic heterocycles. The summed E-state index contributed by atoms with van der Waals surface area (Å²) >= 11 is 3.49. The second-order valence-corrected chi connectivity index (χ2v) is 4.80. The Morgan fingerprint density at radius 3 is 2.59 bits per heavy atom. The average molecular weight is 288 g/mol. The maximum absolute atomic E-state index is 5.44. The van der Waals surface area contributed by atoms with E-state index in [0.29, 0.717) is 0 Å². The number of halogens is 1. The van der Waals surface area contributed by atoms with E-state index in [9.17, 15) is 0 Å². The third-order valence-electron chi connectivity index (χ3n) is 2.87. The van der Waals surface area contributed by atoms with Crippen LogP contribution >= 0.6 is 15.9 Å². The van der Waals surface area contributed by atoms with Crippen LogP contribution in [0.2, 0.25) is 0 Å². The van der Waals surface area contributed by atoms with Gasteiger partial charge in [-0.1, -0.05) is 51.4 Å². The molecule has 0 amide bonds. The lowest BCUT2D eigenvalue weighted by Gasteiger charge is -1.98. The van der Waals surface area contributed by atoms with Crippen LogP contribution in [-0.2, 0) is 0 Å². The second-order valence-electron chi connectivity index (χ2n) is 3.95. The number of fused-ring (bicyclic) bond motifs is 1. The van der Waals surface area contributed by atoms with Crippen molar-refractivity contribution in [2.24, 2.45) is 0 Å². The van der Waals surface area contributed by atoms with Gasteiger partial charge in [0.05, 0.1) is 5.39 Å². The molecule has 0 aliphatic carbocycles. The summed E-state index contributed by atoms with van der Waals surface area (Å²) in [5, 5.41) is 5.22. The van der Waals surface area contributed by atoms with Crippen LogP contribution < -0.4 is 0 Å². The lowest BCUT2D eigenvalue weighted by Crippen LogP contribution is -1.79. The standard InChI is InChI=1S/C14H10BrNO/c1-9-12(15)8-7-11-13(16-17-14(9)11)10-5-3-2-4-6-10/h2-8H,1H3. The van der Waals surface area contributed by atoms with Gasteiger partial charge in [-0.3, -0.25) is 0 Å². The SMILES string of the molecule is Cc1c(Br)ccc2c(-c3ccccc3)noc12. The van der Waals surface area contributed by atoms with Gasteiger partial charge in [-0.15, -0.1) is 0 Å². The predicted molar refractivity (Wildman–Crippen MR) is 71.9 cm³/mol. The molecule has 3 rings (SSSR count). The van der Waals surface area contributed by atoms with Crippen molar-refractivity contribution in [3.8, 4) is 11.3 Å². The van der Waals surface area contributed by atoms with Gasteiger partial charge in [-0.05, 0) is 19.1 Å². The minimum atomic E-state index is 0.846. The molecule has 0 saturated heterocycles. The second kappa shape index (κ2) is 4.00. The largest absolute Gasteiger partial charge is 0.355 e. The summed E-state index contributed by atoms with van der Waals surface area (Å²) in [4.78, 5) is 0. The monoisotopic (exact) mass is 287 g/mol. The number of nitrogens with zero attached hydrogens (tertiary/aromatic N) is 1. The summed E-state index contributed by atoms with van der Waals surface area (Å²) < 4.78 is 6.48. The number of benzene rings is 2. The third-order valence-corrected chi connectivity index (χ3v) is 3.73. The molecule has 3 aromatic rings. The molecule has 0 N–H and O–H groups in total. The average Bonchev–Trinajstić information content (AvgIpc) is 2.79. The van der Waals surface area contributed by atoms with Gasteiger partial charge < -0.3 is 4.52 Å². The van der Waals surface area contributed by atoms with E-state index in [1.165, 1.54) is 0 Å². The molecule has 0 unspecified atom stereocenters. The molecule has 84 valence electrons. The number of hydrogen-bond acceptors (Lipinski definition) is 2. The van der Waals surface area contributed by atoms with E-state index < -0.39 is 0 Å². The van der Waals surface area contributed by atoms with E-state index in [4.69, 9.17) is 4.52 Å². The molecule has 3 heteroatoms. The Morgan fingerprint density at radius 1 is 1.06 bits per heavy atom. The van der Waals surface area contributed by atoms with Crippen LogP contribution in [0.25, 0.3) is 22.2 Å².